The van der Waals surface area contributed by atoms with Gasteiger partial charge < -0.3 is 10.5 Å². The highest BCUT2D eigenvalue weighted by atomic mass is 16.5. The van der Waals surface area contributed by atoms with Crippen molar-refractivity contribution < 1.29 is 19.5 Å². The fourth-order valence-corrected chi connectivity index (χ4v) is 1.73. The van der Waals surface area contributed by atoms with Crippen LogP contribution in [0.4, 0.5) is 0 Å². The summed E-state index contributed by atoms with van der Waals surface area (Å²) in [5, 5.41) is 8.31. The highest BCUT2D eigenvalue weighted by molar-refractivity contribution is 5.93. The van der Waals surface area contributed by atoms with E-state index in [1.165, 1.54) is 0 Å². The third-order valence-electron chi connectivity index (χ3n) is 2.81. The predicted molar refractivity (Wildman–Crippen MR) is 73.5 cm³/mol. The second-order valence-electron chi connectivity index (χ2n) is 4.44. The molecule has 1 rings (SSSR count). The van der Waals surface area contributed by atoms with Crippen LogP contribution in [-0.4, -0.2) is 23.6 Å². The van der Waals surface area contributed by atoms with Gasteiger partial charge in [0.05, 0.1) is 6.61 Å². The van der Waals surface area contributed by atoms with E-state index in [1.807, 2.05) is 0 Å². The minimum Gasteiger partial charge on any atom is -0.494 e. The summed E-state index contributed by atoms with van der Waals surface area (Å²) in [6.07, 6.45) is 3.77. The minimum absolute atomic E-state index is 0.331. The summed E-state index contributed by atoms with van der Waals surface area (Å²) in [6, 6.07) is 6.76. The summed E-state index contributed by atoms with van der Waals surface area (Å²) < 4.78 is 5.52. The van der Waals surface area contributed by atoms with E-state index in [0.29, 0.717) is 24.3 Å². The summed E-state index contributed by atoms with van der Waals surface area (Å²) in [6.45, 7) is 0.550. The first-order chi connectivity index (χ1) is 9.63. The van der Waals surface area contributed by atoms with Gasteiger partial charge in [0.1, 0.15) is 5.75 Å². The molecule has 0 aromatic heterocycles. The number of amides is 2. The Labute approximate surface area is 117 Å². The molecule has 0 saturated carbocycles. The topological polar surface area (TPSA) is 102 Å². The summed E-state index contributed by atoms with van der Waals surface area (Å²) in [5.74, 6) is -0.205. The first kappa shape index (κ1) is 16.0. The van der Waals surface area contributed by atoms with Gasteiger partial charge in [-0.2, -0.15) is 0 Å². The molecule has 2 amide bonds. The van der Waals surface area contributed by atoms with Crippen molar-refractivity contribution >= 4 is 11.8 Å². The molecular formula is C14H20N2O4. The molecule has 110 valence electrons. The molecule has 0 saturated heterocycles. The molecule has 0 atom stereocenters. The Kier molecular flexibility index (Phi) is 7.13. The van der Waals surface area contributed by atoms with Crippen molar-refractivity contribution in [1.29, 1.82) is 0 Å². The van der Waals surface area contributed by atoms with E-state index in [-0.39, 0.29) is 5.91 Å². The number of primary amides is 1. The zero-order chi connectivity index (χ0) is 14.8. The van der Waals surface area contributed by atoms with Crippen LogP contribution >= 0.6 is 0 Å². The van der Waals surface area contributed by atoms with E-state index in [4.69, 9.17) is 15.7 Å². The molecule has 1 aromatic rings. The average Bonchev–Trinajstić information content (AvgIpc) is 2.46. The SMILES string of the molecule is NC(=O)c1cccc(OCCCCCCC(=O)NO)c1. The van der Waals surface area contributed by atoms with Crippen LogP contribution in [0, 0.1) is 0 Å². The van der Waals surface area contributed by atoms with Crippen LogP contribution in [0.25, 0.3) is 0 Å². The maximum Gasteiger partial charge on any atom is 0.248 e. The van der Waals surface area contributed by atoms with Crippen LogP contribution in [0.1, 0.15) is 42.5 Å². The molecule has 6 nitrogen and oxygen atoms in total. The number of nitrogens with one attached hydrogen (secondary N) is 1. The Morgan fingerprint density at radius 3 is 2.65 bits per heavy atom. The van der Waals surface area contributed by atoms with E-state index in [0.717, 1.165) is 25.7 Å². The van der Waals surface area contributed by atoms with Crippen molar-refractivity contribution in [2.75, 3.05) is 6.61 Å². The van der Waals surface area contributed by atoms with Crippen molar-refractivity contribution in [2.24, 2.45) is 5.73 Å². The quantitative estimate of drug-likeness (QED) is 0.363. The lowest BCUT2D eigenvalue weighted by Gasteiger charge is -2.07. The van der Waals surface area contributed by atoms with Gasteiger partial charge in [-0.25, -0.2) is 5.48 Å². The van der Waals surface area contributed by atoms with Crippen molar-refractivity contribution in [3.8, 4) is 5.75 Å². The second kappa shape index (κ2) is 8.92. The Morgan fingerprint density at radius 2 is 1.95 bits per heavy atom. The number of ether oxygens (including phenoxy) is 1. The van der Waals surface area contributed by atoms with E-state index in [9.17, 15) is 9.59 Å². The van der Waals surface area contributed by atoms with Gasteiger partial charge in [0, 0.05) is 12.0 Å². The lowest BCUT2D eigenvalue weighted by atomic mass is 10.1. The zero-order valence-electron chi connectivity index (χ0n) is 11.3. The molecule has 0 heterocycles. The monoisotopic (exact) mass is 280 g/mol. The molecule has 6 heteroatoms. The first-order valence-corrected chi connectivity index (χ1v) is 6.59. The van der Waals surface area contributed by atoms with Crippen LogP contribution < -0.4 is 16.0 Å². The van der Waals surface area contributed by atoms with Gasteiger partial charge in [0.2, 0.25) is 11.8 Å². The molecule has 0 aliphatic rings. The van der Waals surface area contributed by atoms with Gasteiger partial charge in [0.15, 0.2) is 0 Å². The minimum atomic E-state index is -0.474. The number of carbonyl (C=O) groups is 2. The molecule has 0 aliphatic heterocycles. The van der Waals surface area contributed by atoms with Crippen molar-refractivity contribution in [3.05, 3.63) is 29.8 Å². The normalized spacial score (nSPS) is 10.1. The molecule has 0 bridgehead atoms. The summed E-state index contributed by atoms with van der Waals surface area (Å²) >= 11 is 0. The second-order valence-corrected chi connectivity index (χ2v) is 4.44. The molecule has 4 N–H and O–H groups in total. The maximum atomic E-state index is 11.0. The summed E-state index contributed by atoms with van der Waals surface area (Å²) in [4.78, 5) is 21.7. The van der Waals surface area contributed by atoms with Crippen molar-refractivity contribution in [1.82, 2.24) is 5.48 Å². The lowest BCUT2D eigenvalue weighted by Crippen LogP contribution is -2.17. The predicted octanol–water partition coefficient (Wildman–Crippen LogP) is 1.62. The maximum absolute atomic E-state index is 11.0. The van der Waals surface area contributed by atoms with Gasteiger partial charge in [-0.3, -0.25) is 14.8 Å². The molecule has 1 aromatic carbocycles. The molecule has 0 aliphatic carbocycles. The number of benzene rings is 1. The molecule has 0 unspecified atom stereocenters. The van der Waals surface area contributed by atoms with Gasteiger partial charge in [0.25, 0.3) is 0 Å². The van der Waals surface area contributed by atoms with Crippen LogP contribution in [0.2, 0.25) is 0 Å². The zero-order valence-corrected chi connectivity index (χ0v) is 11.3. The Hall–Kier alpha value is -2.08. The number of unbranched alkanes of at least 4 members (excludes halogenated alkanes) is 3. The van der Waals surface area contributed by atoms with E-state index in [2.05, 4.69) is 0 Å². The largest absolute Gasteiger partial charge is 0.494 e. The smallest absolute Gasteiger partial charge is 0.248 e. The van der Waals surface area contributed by atoms with Gasteiger partial charge in [-0.1, -0.05) is 18.9 Å². The fraction of sp³-hybridized carbons (Fsp3) is 0.429. The average molecular weight is 280 g/mol. The summed E-state index contributed by atoms with van der Waals surface area (Å²) in [5.41, 5.74) is 7.21. The number of nitrogens with two attached hydrogens (primary N) is 1. The molecule has 0 radical (unpaired) electrons. The van der Waals surface area contributed by atoms with E-state index >= 15 is 0 Å². The Bertz CT molecular complexity index is 449. The number of hydrogen-bond acceptors (Lipinski definition) is 4. The van der Waals surface area contributed by atoms with Crippen LogP contribution in [-0.2, 0) is 4.79 Å². The number of hydrogen-bond donors (Lipinski definition) is 3. The standard InChI is InChI=1S/C14H20N2O4/c15-14(18)11-6-5-7-12(10-11)20-9-4-2-1-3-8-13(17)16-19/h5-7,10,19H,1-4,8-9H2,(H2,15,18)(H,16,17). The highest BCUT2D eigenvalue weighted by Crippen LogP contribution is 2.13. The molecule has 0 fully saturated rings. The van der Waals surface area contributed by atoms with Crippen LogP contribution in [0.5, 0.6) is 5.75 Å². The molecular weight excluding hydrogens is 260 g/mol. The lowest BCUT2D eigenvalue weighted by molar-refractivity contribution is -0.129. The van der Waals surface area contributed by atoms with Gasteiger partial charge >= 0.3 is 0 Å². The van der Waals surface area contributed by atoms with Gasteiger partial charge in [-0.15, -0.1) is 0 Å². The summed E-state index contributed by atoms with van der Waals surface area (Å²) in [7, 11) is 0. The van der Waals surface area contributed by atoms with Crippen LogP contribution in [0.15, 0.2) is 24.3 Å². The molecule has 0 spiro atoms. The van der Waals surface area contributed by atoms with Crippen LogP contribution in [0.3, 0.4) is 0 Å². The molecule has 20 heavy (non-hydrogen) atoms. The Morgan fingerprint density at radius 1 is 1.20 bits per heavy atom. The third kappa shape index (κ3) is 6.19. The van der Waals surface area contributed by atoms with Crippen molar-refractivity contribution in [3.63, 3.8) is 0 Å². The number of carbonyl (C=O) groups excluding carboxylic acids is 2. The Balaban J connectivity index is 2.14. The van der Waals surface area contributed by atoms with E-state index < -0.39 is 5.91 Å². The number of hydroxylamine groups is 1. The third-order valence-corrected chi connectivity index (χ3v) is 2.81. The van der Waals surface area contributed by atoms with Gasteiger partial charge in [-0.05, 0) is 31.0 Å². The van der Waals surface area contributed by atoms with Crippen molar-refractivity contribution in [2.45, 2.75) is 32.1 Å². The number of rotatable bonds is 9. The van der Waals surface area contributed by atoms with E-state index in [1.54, 1.807) is 29.7 Å². The fourth-order valence-electron chi connectivity index (χ4n) is 1.73. The highest BCUT2D eigenvalue weighted by Gasteiger charge is 2.02. The first-order valence-electron chi connectivity index (χ1n) is 6.59.